The lowest BCUT2D eigenvalue weighted by atomic mass is 10.1. The molecular weight excluding hydrogens is 271 g/mol. The van der Waals surface area contributed by atoms with Gasteiger partial charge in [-0.25, -0.2) is 0 Å². The summed E-state index contributed by atoms with van der Waals surface area (Å²) in [7, 11) is 0.380. The van der Waals surface area contributed by atoms with Gasteiger partial charge in [0, 0.05) is 0 Å². The maximum atomic E-state index is 2.36. The Morgan fingerprint density at radius 3 is 1.62 bits per heavy atom. The topological polar surface area (TPSA) is 0 Å². The van der Waals surface area contributed by atoms with Crippen molar-refractivity contribution in [3.8, 4) is 0 Å². The summed E-state index contributed by atoms with van der Waals surface area (Å²) >= 11 is 0. The molecule has 1 heterocycles. The lowest BCUT2D eigenvalue weighted by molar-refractivity contribution is 0.618. The molecule has 0 spiro atoms. The van der Waals surface area contributed by atoms with Crippen LogP contribution in [0.1, 0.15) is 111 Å². The fraction of sp³-hybridized carbons (Fsp3) is 1.00. The molecule has 0 radical (unpaired) electrons. The summed E-state index contributed by atoms with van der Waals surface area (Å²) in [6.45, 7) is 7.04. The molecule has 0 aromatic heterocycles. The normalized spacial score (nSPS) is 25.6. The van der Waals surface area contributed by atoms with Crippen molar-refractivity contribution in [3.63, 3.8) is 0 Å². The van der Waals surface area contributed by atoms with E-state index in [4.69, 9.17) is 0 Å². The predicted octanol–water partition coefficient (Wildman–Crippen LogP) is 7.74. The van der Waals surface area contributed by atoms with Crippen LogP contribution in [0.3, 0.4) is 0 Å². The van der Waals surface area contributed by atoms with E-state index in [1.165, 1.54) is 57.8 Å². The van der Waals surface area contributed by atoms with E-state index in [-0.39, 0.29) is 0 Å². The molecule has 1 aliphatic rings. The molecule has 0 aromatic rings. The molecule has 0 saturated carbocycles. The van der Waals surface area contributed by atoms with E-state index >= 15 is 0 Å². The van der Waals surface area contributed by atoms with Crippen LogP contribution in [0.2, 0.25) is 0 Å². The highest BCUT2D eigenvalue weighted by Gasteiger charge is 2.33. The van der Waals surface area contributed by atoms with Gasteiger partial charge in [0.1, 0.15) is 0 Å². The van der Waals surface area contributed by atoms with Gasteiger partial charge in [0.2, 0.25) is 0 Å². The summed E-state index contributed by atoms with van der Waals surface area (Å²) in [6.07, 6.45) is 22.5. The second kappa shape index (κ2) is 12.9. The average Bonchev–Trinajstić information content (AvgIpc) is 2.88. The van der Waals surface area contributed by atoms with Gasteiger partial charge in [0.15, 0.2) is 0 Å². The van der Waals surface area contributed by atoms with Gasteiger partial charge in [-0.2, -0.15) is 0 Å². The minimum atomic E-state index is 0.380. The van der Waals surface area contributed by atoms with E-state index in [0.29, 0.717) is 7.92 Å². The lowest BCUT2D eigenvalue weighted by Crippen LogP contribution is -2.07. The predicted molar refractivity (Wildman–Crippen MR) is 101 cm³/mol. The molecule has 1 aliphatic heterocycles. The SMILES string of the molecule is CCCCCCCCP1C(CCCC)CCC1CCCC. The molecule has 1 fully saturated rings. The standard InChI is InChI=1S/C20H41P/c1-4-7-10-11-12-13-18-21-19(14-8-5-2)16-17-20(21)15-9-6-3/h19-20H,4-18H2,1-3H3. The van der Waals surface area contributed by atoms with Crippen LogP contribution in [-0.2, 0) is 0 Å². The second-order valence-corrected chi connectivity index (χ2v) is 10.1. The van der Waals surface area contributed by atoms with Crippen LogP contribution in [0, 0.1) is 0 Å². The Kier molecular flexibility index (Phi) is 12.0. The van der Waals surface area contributed by atoms with Crippen molar-refractivity contribution < 1.29 is 0 Å². The van der Waals surface area contributed by atoms with Gasteiger partial charge in [0.25, 0.3) is 0 Å². The first-order valence-electron chi connectivity index (χ1n) is 10.1. The number of hydrogen-bond donors (Lipinski definition) is 0. The van der Waals surface area contributed by atoms with Crippen molar-refractivity contribution in [1.29, 1.82) is 0 Å². The third-order valence-corrected chi connectivity index (χ3v) is 9.06. The monoisotopic (exact) mass is 312 g/mol. The molecule has 0 aromatic carbocycles. The molecule has 1 heteroatoms. The van der Waals surface area contributed by atoms with Crippen molar-refractivity contribution in [2.75, 3.05) is 6.16 Å². The van der Waals surface area contributed by atoms with Gasteiger partial charge in [-0.1, -0.05) is 78.6 Å². The Bertz CT molecular complexity index is 210. The zero-order valence-electron chi connectivity index (χ0n) is 15.2. The van der Waals surface area contributed by atoms with E-state index in [0.717, 1.165) is 11.3 Å². The summed E-state index contributed by atoms with van der Waals surface area (Å²) in [4.78, 5) is 0. The van der Waals surface area contributed by atoms with Crippen molar-refractivity contribution in [3.05, 3.63) is 0 Å². The van der Waals surface area contributed by atoms with Crippen LogP contribution in [0.4, 0.5) is 0 Å². The van der Waals surface area contributed by atoms with Crippen molar-refractivity contribution >= 4 is 7.92 Å². The van der Waals surface area contributed by atoms with Gasteiger partial charge in [-0.05, 0) is 49.6 Å². The molecule has 0 amide bonds. The van der Waals surface area contributed by atoms with Gasteiger partial charge in [-0.3, -0.25) is 0 Å². The molecule has 1 saturated heterocycles. The zero-order valence-corrected chi connectivity index (χ0v) is 16.1. The summed E-state index contributed by atoms with van der Waals surface area (Å²) in [5.41, 5.74) is 2.30. The van der Waals surface area contributed by atoms with Gasteiger partial charge < -0.3 is 0 Å². The summed E-state index contributed by atoms with van der Waals surface area (Å²) in [5.74, 6) is 0. The van der Waals surface area contributed by atoms with Crippen molar-refractivity contribution in [2.45, 2.75) is 122 Å². The first kappa shape index (κ1) is 19.5. The van der Waals surface area contributed by atoms with Crippen LogP contribution in [-0.4, -0.2) is 17.5 Å². The van der Waals surface area contributed by atoms with E-state index in [1.54, 1.807) is 38.3 Å². The quantitative estimate of drug-likeness (QED) is 0.241. The number of unbranched alkanes of at least 4 members (excludes halogenated alkanes) is 7. The van der Waals surface area contributed by atoms with Gasteiger partial charge in [0.05, 0.1) is 0 Å². The molecular formula is C20H41P. The van der Waals surface area contributed by atoms with Crippen molar-refractivity contribution in [1.82, 2.24) is 0 Å². The Hall–Kier alpha value is 0.430. The van der Waals surface area contributed by atoms with E-state index < -0.39 is 0 Å². The largest absolute Gasteiger partial charge is 0.100 e. The van der Waals surface area contributed by atoms with Gasteiger partial charge >= 0.3 is 0 Å². The zero-order chi connectivity index (χ0) is 15.3. The van der Waals surface area contributed by atoms with E-state index in [9.17, 15) is 0 Å². The first-order chi connectivity index (χ1) is 10.3. The molecule has 0 N–H and O–H groups in total. The second-order valence-electron chi connectivity index (χ2n) is 7.18. The third-order valence-electron chi connectivity index (χ3n) is 5.32. The highest BCUT2D eigenvalue weighted by molar-refractivity contribution is 7.59. The highest BCUT2D eigenvalue weighted by atomic mass is 31.1. The summed E-state index contributed by atoms with van der Waals surface area (Å²) in [6, 6.07) is 0. The number of hydrogen-bond acceptors (Lipinski definition) is 0. The third kappa shape index (κ3) is 8.01. The van der Waals surface area contributed by atoms with Crippen molar-refractivity contribution in [2.24, 2.45) is 0 Å². The lowest BCUT2D eigenvalue weighted by Gasteiger charge is -2.26. The molecule has 21 heavy (non-hydrogen) atoms. The average molecular weight is 313 g/mol. The van der Waals surface area contributed by atoms with Crippen LogP contribution in [0.5, 0.6) is 0 Å². The first-order valence-corrected chi connectivity index (χ1v) is 11.8. The molecule has 1 rings (SSSR count). The van der Waals surface area contributed by atoms with E-state index in [1.807, 2.05) is 0 Å². The number of rotatable bonds is 13. The summed E-state index contributed by atoms with van der Waals surface area (Å²) in [5, 5.41) is 0. The molecule has 0 nitrogen and oxygen atoms in total. The van der Waals surface area contributed by atoms with Crippen LogP contribution in [0.15, 0.2) is 0 Å². The Labute approximate surface area is 136 Å². The maximum Gasteiger partial charge on any atom is -0.0206 e. The molecule has 2 atom stereocenters. The highest BCUT2D eigenvalue weighted by Crippen LogP contribution is 2.59. The summed E-state index contributed by atoms with van der Waals surface area (Å²) < 4.78 is 0. The Morgan fingerprint density at radius 2 is 1.10 bits per heavy atom. The maximum absolute atomic E-state index is 2.36. The minimum absolute atomic E-state index is 0.380. The van der Waals surface area contributed by atoms with E-state index in [2.05, 4.69) is 20.8 Å². The van der Waals surface area contributed by atoms with Crippen LogP contribution < -0.4 is 0 Å². The fourth-order valence-electron chi connectivity index (χ4n) is 3.95. The minimum Gasteiger partial charge on any atom is -0.100 e. The smallest absolute Gasteiger partial charge is 0.0206 e. The fourth-order valence-corrected chi connectivity index (χ4v) is 7.86. The molecule has 0 aliphatic carbocycles. The molecule has 0 bridgehead atoms. The van der Waals surface area contributed by atoms with Gasteiger partial charge in [-0.15, -0.1) is 7.92 Å². The van der Waals surface area contributed by atoms with Crippen LogP contribution >= 0.6 is 7.92 Å². The van der Waals surface area contributed by atoms with Crippen LogP contribution in [0.25, 0.3) is 0 Å². The Morgan fingerprint density at radius 1 is 0.619 bits per heavy atom. The Balaban J connectivity index is 2.29. The molecule has 2 unspecified atom stereocenters. The molecule has 126 valence electrons.